The third kappa shape index (κ3) is 3.02. The first-order valence-electron chi connectivity index (χ1n) is 8.77. The summed E-state index contributed by atoms with van der Waals surface area (Å²) in [6, 6.07) is 0. The lowest BCUT2D eigenvalue weighted by molar-refractivity contribution is -0.131. The molecule has 0 aliphatic heterocycles. The van der Waals surface area contributed by atoms with Crippen LogP contribution in [-0.4, -0.2) is 11.1 Å². The van der Waals surface area contributed by atoms with Crippen molar-refractivity contribution in [3.63, 3.8) is 0 Å². The number of carboxylic acids is 1. The Morgan fingerprint density at radius 1 is 1.41 bits per heavy atom. The van der Waals surface area contributed by atoms with Crippen molar-refractivity contribution in [2.75, 3.05) is 0 Å². The van der Waals surface area contributed by atoms with Crippen LogP contribution in [0.5, 0.6) is 0 Å². The zero-order chi connectivity index (χ0) is 16.5. The molecule has 0 aromatic carbocycles. The van der Waals surface area contributed by atoms with Crippen LogP contribution in [0.4, 0.5) is 0 Å². The second-order valence-electron chi connectivity index (χ2n) is 8.21. The van der Waals surface area contributed by atoms with E-state index >= 15 is 0 Å². The van der Waals surface area contributed by atoms with Crippen molar-refractivity contribution in [3.05, 3.63) is 23.3 Å². The molecule has 0 heterocycles. The summed E-state index contributed by atoms with van der Waals surface area (Å²) in [5, 5.41) is 8.92. The Balaban J connectivity index is 2.22. The van der Waals surface area contributed by atoms with Gasteiger partial charge in [-0.2, -0.15) is 0 Å². The van der Waals surface area contributed by atoms with Crippen molar-refractivity contribution in [2.24, 2.45) is 22.7 Å². The van der Waals surface area contributed by atoms with Gasteiger partial charge in [-0.3, -0.25) is 0 Å². The van der Waals surface area contributed by atoms with Crippen LogP contribution >= 0.6 is 0 Å². The summed E-state index contributed by atoms with van der Waals surface area (Å²) in [6.45, 7) is 11.6. The van der Waals surface area contributed by atoms with Gasteiger partial charge < -0.3 is 5.11 Å². The van der Waals surface area contributed by atoms with Gasteiger partial charge in [0.15, 0.2) is 0 Å². The van der Waals surface area contributed by atoms with Crippen molar-refractivity contribution in [1.82, 2.24) is 0 Å². The number of hydrogen-bond donors (Lipinski definition) is 1. The summed E-state index contributed by atoms with van der Waals surface area (Å²) in [5.41, 5.74) is 3.25. The molecule has 0 unspecified atom stereocenters. The molecule has 124 valence electrons. The second-order valence-corrected chi connectivity index (χ2v) is 8.21. The zero-order valence-electron chi connectivity index (χ0n) is 14.9. The van der Waals surface area contributed by atoms with Gasteiger partial charge in [0.1, 0.15) is 0 Å². The van der Waals surface area contributed by atoms with E-state index in [0.29, 0.717) is 16.7 Å². The summed E-state index contributed by atoms with van der Waals surface area (Å²) in [4.78, 5) is 10.8. The van der Waals surface area contributed by atoms with E-state index in [1.54, 1.807) is 5.57 Å². The molecule has 2 heteroatoms. The van der Waals surface area contributed by atoms with Crippen LogP contribution in [0.25, 0.3) is 0 Å². The Labute approximate surface area is 135 Å². The molecule has 1 fully saturated rings. The molecule has 0 amide bonds. The van der Waals surface area contributed by atoms with Gasteiger partial charge in [-0.05, 0) is 75.0 Å². The van der Waals surface area contributed by atoms with E-state index in [4.69, 9.17) is 5.11 Å². The minimum absolute atomic E-state index is 0.316. The number of carboxylic acid groups (broad SMARTS) is 1. The fraction of sp³-hybridized carbons (Fsp3) is 0.750. The van der Waals surface area contributed by atoms with Gasteiger partial charge in [-0.15, -0.1) is 0 Å². The maximum absolute atomic E-state index is 10.8. The molecule has 4 atom stereocenters. The predicted octanol–water partition coefficient (Wildman–Crippen LogP) is 5.60. The van der Waals surface area contributed by atoms with E-state index < -0.39 is 5.97 Å². The molecule has 0 bridgehead atoms. The first-order chi connectivity index (χ1) is 10.2. The van der Waals surface area contributed by atoms with Gasteiger partial charge in [0.25, 0.3) is 0 Å². The van der Waals surface area contributed by atoms with Gasteiger partial charge in [0.05, 0.1) is 0 Å². The van der Waals surface area contributed by atoms with Crippen LogP contribution in [0.3, 0.4) is 0 Å². The zero-order valence-corrected chi connectivity index (χ0v) is 14.9. The molecule has 22 heavy (non-hydrogen) atoms. The maximum Gasteiger partial charge on any atom is 0.328 e. The number of aliphatic carboxylic acids is 1. The van der Waals surface area contributed by atoms with Crippen LogP contribution in [0, 0.1) is 22.7 Å². The van der Waals surface area contributed by atoms with Crippen molar-refractivity contribution in [2.45, 2.75) is 73.1 Å². The second kappa shape index (κ2) is 6.22. The van der Waals surface area contributed by atoms with Crippen LogP contribution in [0.2, 0.25) is 0 Å². The van der Waals surface area contributed by atoms with E-state index in [1.807, 2.05) is 6.92 Å². The number of fused-ring (bicyclic) bond motifs is 1. The maximum atomic E-state index is 10.8. The van der Waals surface area contributed by atoms with Crippen molar-refractivity contribution >= 4 is 5.97 Å². The Morgan fingerprint density at radius 3 is 2.73 bits per heavy atom. The lowest BCUT2D eigenvalue weighted by Gasteiger charge is -2.58. The average Bonchev–Trinajstić information content (AvgIpc) is 2.43. The number of carbonyl (C=O) groups is 1. The van der Waals surface area contributed by atoms with E-state index in [1.165, 1.54) is 31.8 Å². The molecule has 1 N–H and O–H groups in total. The van der Waals surface area contributed by atoms with Crippen molar-refractivity contribution in [3.8, 4) is 0 Å². The van der Waals surface area contributed by atoms with Crippen LogP contribution < -0.4 is 0 Å². The normalized spacial score (nSPS) is 39.1. The quantitative estimate of drug-likeness (QED) is 0.542. The topological polar surface area (TPSA) is 37.3 Å². The van der Waals surface area contributed by atoms with Crippen molar-refractivity contribution < 1.29 is 9.90 Å². The third-order valence-corrected chi connectivity index (χ3v) is 7.02. The Morgan fingerprint density at radius 2 is 2.09 bits per heavy atom. The first-order valence-corrected chi connectivity index (χ1v) is 8.77. The van der Waals surface area contributed by atoms with E-state index in [0.717, 1.165) is 24.3 Å². The molecular formula is C20H32O2. The smallest absolute Gasteiger partial charge is 0.328 e. The molecule has 0 saturated heterocycles. The highest BCUT2D eigenvalue weighted by Gasteiger charge is 2.52. The summed E-state index contributed by atoms with van der Waals surface area (Å²) in [6.07, 6.45) is 10.9. The fourth-order valence-corrected chi connectivity index (χ4v) is 5.08. The van der Waals surface area contributed by atoms with Gasteiger partial charge >= 0.3 is 5.97 Å². The number of allylic oxidation sites excluding steroid dienone is 3. The highest BCUT2D eigenvalue weighted by atomic mass is 16.4. The monoisotopic (exact) mass is 304 g/mol. The third-order valence-electron chi connectivity index (χ3n) is 7.02. The van der Waals surface area contributed by atoms with Gasteiger partial charge in [-0.25, -0.2) is 4.79 Å². The molecule has 0 radical (unpaired) electrons. The molecule has 0 spiro atoms. The molecular weight excluding hydrogens is 272 g/mol. The number of hydrogen-bond acceptors (Lipinski definition) is 1. The molecule has 1 saturated carbocycles. The molecule has 2 aliphatic carbocycles. The van der Waals surface area contributed by atoms with E-state index in [2.05, 4.69) is 33.8 Å². The standard InChI is InChI=1S/C20H32O2/c1-14(13-18(21)22)9-11-19(4)16(3)10-12-20(5)15(2)7-6-8-17(19)20/h7,13,16-17H,6,8-12H2,1-5H3,(H,21,22)/b14-13+/t16-,17+,19+,20-/m1/s1. The van der Waals surface area contributed by atoms with Gasteiger partial charge in [0.2, 0.25) is 0 Å². The predicted molar refractivity (Wildman–Crippen MR) is 91.7 cm³/mol. The minimum atomic E-state index is -0.819. The average molecular weight is 304 g/mol. The highest BCUT2D eigenvalue weighted by molar-refractivity contribution is 5.80. The van der Waals surface area contributed by atoms with Crippen molar-refractivity contribution in [1.29, 1.82) is 0 Å². The van der Waals surface area contributed by atoms with E-state index in [-0.39, 0.29) is 0 Å². The Hall–Kier alpha value is -1.05. The largest absolute Gasteiger partial charge is 0.478 e. The van der Waals surface area contributed by atoms with Crippen LogP contribution in [-0.2, 0) is 4.79 Å². The Bertz CT molecular complexity index is 502. The minimum Gasteiger partial charge on any atom is -0.478 e. The van der Waals surface area contributed by atoms with Gasteiger partial charge in [0, 0.05) is 6.08 Å². The summed E-state index contributed by atoms with van der Waals surface area (Å²) in [5.74, 6) is 0.626. The molecule has 0 aromatic rings. The molecule has 0 aromatic heterocycles. The van der Waals surface area contributed by atoms with Crippen LogP contribution in [0.1, 0.15) is 73.1 Å². The first kappa shape index (κ1) is 17.3. The Kier molecular flexibility index (Phi) is 4.89. The van der Waals surface area contributed by atoms with Crippen LogP contribution in [0.15, 0.2) is 23.3 Å². The lowest BCUT2D eigenvalue weighted by atomic mass is 9.47. The van der Waals surface area contributed by atoms with Gasteiger partial charge in [-0.1, -0.05) is 38.0 Å². The summed E-state index contributed by atoms with van der Waals surface area (Å²) >= 11 is 0. The SMILES string of the molecule is CC1=CCC[C@H]2[C@@](C)(CC/C(C)=C/C(=O)O)[C@H](C)CC[C@]12C. The molecule has 2 nitrogen and oxygen atoms in total. The molecule has 2 rings (SSSR count). The van der Waals surface area contributed by atoms with E-state index in [9.17, 15) is 4.79 Å². The summed E-state index contributed by atoms with van der Waals surface area (Å²) < 4.78 is 0. The lowest BCUT2D eigenvalue weighted by Crippen LogP contribution is -2.49. The summed E-state index contributed by atoms with van der Waals surface area (Å²) in [7, 11) is 0. The fourth-order valence-electron chi connectivity index (χ4n) is 5.08. The molecule has 2 aliphatic rings. The highest BCUT2D eigenvalue weighted by Crippen LogP contribution is 2.61. The number of rotatable bonds is 4.